The van der Waals surface area contributed by atoms with Crippen LogP contribution in [0.4, 0.5) is 5.69 Å². The van der Waals surface area contributed by atoms with Crippen molar-refractivity contribution in [1.82, 2.24) is 5.32 Å². The third kappa shape index (κ3) is 9.26. The maximum Gasteiger partial charge on any atom is 0.236 e. The van der Waals surface area contributed by atoms with Gasteiger partial charge in [0.2, 0.25) is 5.91 Å². The molecule has 5 nitrogen and oxygen atoms in total. The third-order valence-corrected chi connectivity index (χ3v) is 4.91. The second kappa shape index (κ2) is 12.8. The molecule has 2 aromatic carbocycles. The van der Waals surface area contributed by atoms with Crippen molar-refractivity contribution >= 4 is 11.6 Å². The molecule has 0 aliphatic heterocycles. The van der Waals surface area contributed by atoms with E-state index in [1.54, 1.807) is 0 Å². The van der Waals surface area contributed by atoms with Crippen molar-refractivity contribution in [2.45, 2.75) is 46.8 Å². The number of amides is 1. The van der Waals surface area contributed by atoms with Crippen molar-refractivity contribution in [3.63, 3.8) is 0 Å². The molecule has 2 aromatic rings. The maximum atomic E-state index is 12.2. The van der Waals surface area contributed by atoms with Gasteiger partial charge in [-0.15, -0.1) is 0 Å². The summed E-state index contributed by atoms with van der Waals surface area (Å²) in [6, 6.07) is 17.8. The number of allylic oxidation sites excluding steroid dienone is 1. The normalized spacial score (nSPS) is 11.7. The molecule has 0 bridgehead atoms. The van der Waals surface area contributed by atoms with Crippen molar-refractivity contribution in [2.75, 3.05) is 24.5 Å². The Morgan fingerprint density at radius 2 is 1.77 bits per heavy atom. The number of nitrogens with two attached hydrogens (primary N) is 1. The summed E-state index contributed by atoms with van der Waals surface area (Å²) < 4.78 is 5.89. The molecule has 1 unspecified atom stereocenters. The van der Waals surface area contributed by atoms with Crippen LogP contribution in [-0.4, -0.2) is 31.6 Å². The van der Waals surface area contributed by atoms with Gasteiger partial charge in [0.15, 0.2) is 0 Å². The van der Waals surface area contributed by atoms with Crippen LogP contribution in [0.15, 0.2) is 66.2 Å². The number of benzene rings is 2. The lowest BCUT2D eigenvalue weighted by Crippen LogP contribution is -2.44. The SMILES string of the molecule is CC(C)=CCN(CCNC(=O)C(N)CC(C)C)c1ccc(OCc2ccccc2)cc1. The number of ether oxygens (including phenoxy) is 1. The standard InChI is InChI=1S/C26H37N3O2/c1-20(2)14-16-29(17-15-28-26(30)25(27)18-21(3)4)23-10-12-24(13-11-23)31-19-22-8-6-5-7-9-22/h5-14,21,25H,15-19,27H2,1-4H3,(H,28,30). The average Bonchev–Trinajstić information content (AvgIpc) is 2.75. The topological polar surface area (TPSA) is 67.6 Å². The number of nitrogens with zero attached hydrogens (tertiary/aromatic N) is 1. The van der Waals surface area contributed by atoms with Crippen LogP contribution in [0.3, 0.4) is 0 Å². The summed E-state index contributed by atoms with van der Waals surface area (Å²) in [6.07, 6.45) is 2.88. The summed E-state index contributed by atoms with van der Waals surface area (Å²) in [5.41, 5.74) is 9.47. The predicted molar refractivity (Wildman–Crippen MR) is 129 cm³/mol. The molecule has 0 saturated heterocycles. The van der Waals surface area contributed by atoms with E-state index in [0.717, 1.165) is 23.5 Å². The molecule has 0 spiro atoms. The predicted octanol–water partition coefficient (Wildman–Crippen LogP) is 4.53. The molecule has 0 radical (unpaired) electrons. The number of rotatable bonds is 12. The molecular formula is C26H37N3O2. The van der Waals surface area contributed by atoms with E-state index >= 15 is 0 Å². The van der Waals surface area contributed by atoms with E-state index in [-0.39, 0.29) is 5.91 Å². The van der Waals surface area contributed by atoms with Crippen LogP contribution in [0.5, 0.6) is 5.75 Å². The Bertz CT molecular complexity index is 812. The quantitative estimate of drug-likeness (QED) is 0.492. The van der Waals surface area contributed by atoms with Crippen molar-refractivity contribution < 1.29 is 9.53 Å². The first kappa shape index (κ1) is 24.5. The van der Waals surface area contributed by atoms with Crippen LogP contribution < -0.4 is 20.7 Å². The molecular weight excluding hydrogens is 386 g/mol. The van der Waals surface area contributed by atoms with Gasteiger partial charge in [0.25, 0.3) is 0 Å². The highest BCUT2D eigenvalue weighted by molar-refractivity contribution is 5.81. The first-order valence-corrected chi connectivity index (χ1v) is 11.0. The molecule has 0 fully saturated rings. The Kier molecular flexibility index (Phi) is 10.1. The fourth-order valence-electron chi connectivity index (χ4n) is 3.17. The maximum absolute atomic E-state index is 12.2. The summed E-state index contributed by atoms with van der Waals surface area (Å²) >= 11 is 0. The van der Waals surface area contributed by atoms with Gasteiger partial charge in [-0.25, -0.2) is 0 Å². The van der Waals surface area contributed by atoms with E-state index < -0.39 is 6.04 Å². The second-order valence-electron chi connectivity index (χ2n) is 8.52. The molecule has 0 aliphatic rings. The minimum absolute atomic E-state index is 0.0828. The molecule has 168 valence electrons. The van der Waals surface area contributed by atoms with Crippen LogP contribution in [0.25, 0.3) is 0 Å². The summed E-state index contributed by atoms with van der Waals surface area (Å²) in [6.45, 7) is 10.9. The van der Waals surface area contributed by atoms with Gasteiger partial charge in [0.05, 0.1) is 6.04 Å². The van der Waals surface area contributed by atoms with Crippen LogP contribution >= 0.6 is 0 Å². The first-order chi connectivity index (χ1) is 14.8. The van der Waals surface area contributed by atoms with E-state index in [4.69, 9.17) is 10.5 Å². The molecule has 31 heavy (non-hydrogen) atoms. The van der Waals surface area contributed by atoms with E-state index in [1.165, 1.54) is 5.57 Å². The summed E-state index contributed by atoms with van der Waals surface area (Å²) in [5, 5.41) is 2.97. The molecule has 0 heterocycles. The number of hydrogen-bond acceptors (Lipinski definition) is 4. The van der Waals surface area contributed by atoms with Crippen molar-refractivity contribution in [3.8, 4) is 5.75 Å². The molecule has 2 rings (SSSR count). The Labute approximate surface area is 187 Å². The Hall–Kier alpha value is -2.79. The molecule has 0 aliphatic carbocycles. The fraction of sp³-hybridized carbons (Fsp3) is 0.423. The summed E-state index contributed by atoms with van der Waals surface area (Å²) in [7, 11) is 0. The minimum Gasteiger partial charge on any atom is -0.489 e. The van der Waals surface area contributed by atoms with Gasteiger partial charge < -0.3 is 20.7 Å². The first-order valence-electron chi connectivity index (χ1n) is 11.0. The second-order valence-corrected chi connectivity index (χ2v) is 8.52. The molecule has 0 saturated carbocycles. The monoisotopic (exact) mass is 423 g/mol. The van der Waals surface area contributed by atoms with Gasteiger partial charge in [-0.1, -0.05) is 55.8 Å². The minimum atomic E-state index is -0.452. The van der Waals surface area contributed by atoms with Crippen LogP contribution in [-0.2, 0) is 11.4 Å². The number of hydrogen-bond donors (Lipinski definition) is 2. The molecule has 1 amide bonds. The van der Waals surface area contributed by atoms with Gasteiger partial charge in [-0.3, -0.25) is 4.79 Å². The number of carbonyl (C=O) groups is 1. The van der Waals surface area contributed by atoms with E-state index in [9.17, 15) is 4.79 Å². The van der Waals surface area contributed by atoms with Gasteiger partial charge >= 0.3 is 0 Å². The lowest BCUT2D eigenvalue weighted by molar-refractivity contribution is -0.122. The zero-order valence-corrected chi connectivity index (χ0v) is 19.3. The summed E-state index contributed by atoms with van der Waals surface area (Å²) in [4.78, 5) is 14.5. The lowest BCUT2D eigenvalue weighted by Gasteiger charge is -2.25. The number of carbonyl (C=O) groups excluding carboxylic acids is 1. The van der Waals surface area contributed by atoms with Crippen molar-refractivity contribution in [1.29, 1.82) is 0 Å². The molecule has 3 N–H and O–H groups in total. The zero-order valence-electron chi connectivity index (χ0n) is 19.3. The van der Waals surface area contributed by atoms with Crippen LogP contribution in [0.1, 0.15) is 39.7 Å². The van der Waals surface area contributed by atoms with Crippen LogP contribution in [0, 0.1) is 5.92 Å². The molecule has 5 heteroatoms. The van der Waals surface area contributed by atoms with Gasteiger partial charge in [0, 0.05) is 25.3 Å². The highest BCUT2D eigenvalue weighted by Gasteiger charge is 2.15. The van der Waals surface area contributed by atoms with E-state index in [1.807, 2.05) is 30.3 Å². The average molecular weight is 424 g/mol. The number of nitrogens with one attached hydrogen (secondary N) is 1. The van der Waals surface area contributed by atoms with Crippen molar-refractivity contribution in [3.05, 3.63) is 71.8 Å². The highest BCUT2D eigenvalue weighted by atomic mass is 16.5. The largest absolute Gasteiger partial charge is 0.489 e. The zero-order chi connectivity index (χ0) is 22.6. The Morgan fingerprint density at radius 1 is 1.10 bits per heavy atom. The van der Waals surface area contributed by atoms with Crippen LogP contribution in [0.2, 0.25) is 0 Å². The lowest BCUT2D eigenvalue weighted by atomic mass is 10.0. The fourth-order valence-corrected chi connectivity index (χ4v) is 3.17. The molecule has 1 atom stereocenters. The smallest absolute Gasteiger partial charge is 0.236 e. The van der Waals surface area contributed by atoms with Gasteiger partial charge in [0.1, 0.15) is 12.4 Å². The number of anilines is 1. The van der Waals surface area contributed by atoms with E-state index in [0.29, 0.717) is 32.0 Å². The third-order valence-electron chi connectivity index (χ3n) is 4.91. The van der Waals surface area contributed by atoms with Gasteiger partial charge in [-0.2, -0.15) is 0 Å². The van der Waals surface area contributed by atoms with Crippen molar-refractivity contribution in [2.24, 2.45) is 11.7 Å². The Balaban J connectivity index is 1.94. The summed E-state index contributed by atoms with van der Waals surface area (Å²) in [5.74, 6) is 1.15. The molecule has 0 aromatic heterocycles. The highest BCUT2D eigenvalue weighted by Crippen LogP contribution is 2.20. The Morgan fingerprint density at radius 3 is 2.39 bits per heavy atom. The van der Waals surface area contributed by atoms with Gasteiger partial charge in [-0.05, 0) is 56.0 Å². The van der Waals surface area contributed by atoms with E-state index in [2.05, 4.69) is 68.3 Å².